The standard InChI is InChI=1S/C26H28F3N7O/c1-15-16(2)24(33-36(23(15)30)25(31)26(27,28)29)34-10-8-21-18(14-34)11-19(13-32-21)35-9-4-5-17-12-20(37-3)6-7-22(17)35/h6-7,11-13,30-31H,4-5,8-10,14H2,1-3H3. The molecule has 2 aromatic heterocycles. The molecule has 11 heteroatoms. The summed E-state index contributed by atoms with van der Waals surface area (Å²) in [6.07, 6.45) is -0.443. The second-order valence-corrected chi connectivity index (χ2v) is 9.40. The maximum atomic E-state index is 13.3. The normalized spacial score (nSPS) is 15.3. The summed E-state index contributed by atoms with van der Waals surface area (Å²) in [5.74, 6) is -0.509. The van der Waals surface area contributed by atoms with Crippen LogP contribution in [0, 0.1) is 24.7 Å². The van der Waals surface area contributed by atoms with E-state index < -0.39 is 17.5 Å². The first kappa shape index (κ1) is 24.8. The van der Waals surface area contributed by atoms with Gasteiger partial charge in [-0.15, -0.1) is 5.10 Å². The van der Waals surface area contributed by atoms with Crippen LogP contribution in [-0.2, 0) is 19.4 Å². The lowest BCUT2D eigenvalue weighted by Crippen LogP contribution is -2.42. The largest absolute Gasteiger partial charge is 0.497 e. The second-order valence-electron chi connectivity index (χ2n) is 9.40. The number of aryl methyl sites for hydroxylation is 1. The molecule has 2 aliphatic heterocycles. The van der Waals surface area contributed by atoms with Crippen LogP contribution in [0.15, 0.2) is 30.5 Å². The molecule has 0 radical (unpaired) electrons. The number of halogens is 3. The number of pyridine rings is 1. The molecule has 0 unspecified atom stereocenters. The molecule has 0 aliphatic carbocycles. The second kappa shape index (κ2) is 9.20. The minimum Gasteiger partial charge on any atom is -0.497 e. The summed E-state index contributed by atoms with van der Waals surface area (Å²) in [4.78, 5) is 8.88. The highest BCUT2D eigenvalue weighted by molar-refractivity contribution is 5.86. The van der Waals surface area contributed by atoms with Gasteiger partial charge >= 0.3 is 6.18 Å². The minimum absolute atomic E-state index is 0.342. The number of nitrogens with one attached hydrogen (secondary N) is 2. The molecule has 37 heavy (non-hydrogen) atoms. The summed E-state index contributed by atoms with van der Waals surface area (Å²) in [5, 5.41) is 19.8. The summed E-state index contributed by atoms with van der Waals surface area (Å²) in [7, 11) is 1.66. The number of hydrogen-bond donors (Lipinski definition) is 2. The van der Waals surface area contributed by atoms with E-state index in [0.717, 1.165) is 47.8 Å². The smallest absolute Gasteiger partial charge is 0.451 e. The van der Waals surface area contributed by atoms with Crippen molar-refractivity contribution >= 4 is 23.0 Å². The monoisotopic (exact) mass is 511 g/mol. The molecule has 194 valence electrons. The Balaban J connectivity index is 1.49. The maximum Gasteiger partial charge on any atom is 0.451 e. The van der Waals surface area contributed by atoms with Crippen molar-refractivity contribution in [2.75, 3.05) is 30.0 Å². The molecule has 1 aromatic carbocycles. The number of anilines is 3. The van der Waals surface area contributed by atoms with Crippen LogP contribution in [0.25, 0.3) is 0 Å². The first-order chi connectivity index (χ1) is 17.6. The van der Waals surface area contributed by atoms with Crippen molar-refractivity contribution in [2.45, 2.75) is 45.8 Å². The van der Waals surface area contributed by atoms with Gasteiger partial charge in [0, 0.05) is 43.0 Å². The van der Waals surface area contributed by atoms with Gasteiger partial charge in [-0.1, -0.05) is 0 Å². The van der Waals surface area contributed by atoms with E-state index in [1.807, 2.05) is 17.2 Å². The van der Waals surface area contributed by atoms with E-state index in [2.05, 4.69) is 28.2 Å². The van der Waals surface area contributed by atoms with E-state index in [9.17, 15) is 13.2 Å². The Kier molecular flexibility index (Phi) is 6.17. The Morgan fingerprint density at radius 2 is 1.84 bits per heavy atom. The third kappa shape index (κ3) is 4.42. The molecular weight excluding hydrogens is 483 g/mol. The summed E-state index contributed by atoms with van der Waals surface area (Å²) >= 11 is 0. The highest BCUT2D eigenvalue weighted by Gasteiger charge is 2.38. The van der Waals surface area contributed by atoms with Crippen LogP contribution in [0.2, 0.25) is 0 Å². The zero-order valence-corrected chi connectivity index (χ0v) is 20.9. The predicted molar refractivity (Wildman–Crippen MR) is 134 cm³/mol. The number of nitrogens with zero attached hydrogens (tertiary/aromatic N) is 5. The van der Waals surface area contributed by atoms with Crippen LogP contribution in [0.5, 0.6) is 5.75 Å². The fourth-order valence-electron chi connectivity index (χ4n) is 5.02. The van der Waals surface area contributed by atoms with Gasteiger partial charge in [0.25, 0.3) is 0 Å². The van der Waals surface area contributed by atoms with Crippen LogP contribution in [-0.4, -0.2) is 47.0 Å². The Hall–Kier alpha value is -3.89. The molecule has 5 rings (SSSR count). The van der Waals surface area contributed by atoms with Gasteiger partial charge in [-0.3, -0.25) is 15.8 Å². The van der Waals surface area contributed by atoms with Gasteiger partial charge in [0.2, 0.25) is 5.84 Å². The minimum atomic E-state index is -4.91. The third-order valence-corrected chi connectivity index (χ3v) is 7.18. The number of hydrogen-bond acceptors (Lipinski definition) is 7. The molecule has 2 aliphatic rings. The van der Waals surface area contributed by atoms with Gasteiger partial charge in [0.1, 0.15) is 5.75 Å². The van der Waals surface area contributed by atoms with Crippen molar-refractivity contribution in [1.29, 1.82) is 10.8 Å². The topological polar surface area (TPSA) is 94.1 Å². The lowest BCUT2D eigenvalue weighted by molar-refractivity contribution is -0.0632. The van der Waals surface area contributed by atoms with Crippen molar-refractivity contribution in [3.8, 4) is 5.75 Å². The molecule has 3 aromatic rings. The Bertz CT molecular complexity index is 1450. The van der Waals surface area contributed by atoms with Gasteiger partial charge in [-0.05, 0) is 67.6 Å². The zero-order valence-electron chi connectivity index (χ0n) is 20.9. The van der Waals surface area contributed by atoms with Gasteiger partial charge in [-0.25, -0.2) is 0 Å². The Morgan fingerprint density at radius 3 is 2.57 bits per heavy atom. The number of methoxy groups -OCH3 is 1. The maximum absolute atomic E-state index is 13.3. The van der Waals surface area contributed by atoms with E-state index in [1.54, 1.807) is 21.0 Å². The van der Waals surface area contributed by atoms with Crippen LogP contribution in [0.1, 0.15) is 34.4 Å². The quantitative estimate of drug-likeness (QED) is 0.401. The molecule has 0 bridgehead atoms. The lowest BCUT2D eigenvalue weighted by atomic mass is 9.99. The number of ether oxygens (including phenoxy) is 1. The first-order valence-corrected chi connectivity index (χ1v) is 12.1. The van der Waals surface area contributed by atoms with E-state index >= 15 is 0 Å². The molecule has 4 heterocycles. The molecule has 0 fully saturated rings. The molecule has 0 amide bonds. The summed E-state index contributed by atoms with van der Waals surface area (Å²) in [5.41, 5.74) is 5.78. The van der Waals surface area contributed by atoms with Gasteiger partial charge in [-0.2, -0.15) is 17.9 Å². The van der Waals surface area contributed by atoms with Crippen molar-refractivity contribution in [2.24, 2.45) is 0 Å². The predicted octanol–water partition coefficient (Wildman–Crippen LogP) is 4.42. The number of rotatable bonds is 3. The van der Waals surface area contributed by atoms with Gasteiger partial charge in [0.05, 0.1) is 19.0 Å². The fraction of sp³-hybridized carbons (Fsp3) is 0.385. The van der Waals surface area contributed by atoms with Gasteiger partial charge in [0.15, 0.2) is 11.3 Å². The van der Waals surface area contributed by atoms with Gasteiger partial charge < -0.3 is 14.5 Å². The summed E-state index contributed by atoms with van der Waals surface area (Å²) < 4.78 is 45.6. The molecular formula is C26H28F3N7O. The first-order valence-electron chi connectivity index (χ1n) is 12.1. The number of benzene rings is 1. The Morgan fingerprint density at radius 1 is 1.05 bits per heavy atom. The number of fused-ring (bicyclic) bond motifs is 2. The summed E-state index contributed by atoms with van der Waals surface area (Å²) in [6, 6.07) is 8.17. The van der Waals surface area contributed by atoms with Crippen LogP contribution < -0.4 is 20.0 Å². The molecule has 0 atom stereocenters. The average Bonchev–Trinajstić information content (AvgIpc) is 2.89. The highest BCUT2D eigenvalue weighted by Crippen LogP contribution is 2.37. The SMILES string of the molecule is COc1ccc2c(c1)CCCN2c1cnc2c(c1)CN(c1nn(C(=N)C(F)(F)F)c(=N)c(C)c1C)CC2. The third-order valence-electron chi connectivity index (χ3n) is 7.18. The molecule has 0 spiro atoms. The zero-order chi connectivity index (χ0) is 26.5. The molecule has 0 saturated carbocycles. The Labute approximate surface area is 212 Å². The lowest BCUT2D eigenvalue weighted by Gasteiger charge is -2.34. The van der Waals surface area contributed by atoms with E-state index in [1.165, 1.54) is 5.56 Å². The van der Waals surface area contributed by atoms with E-state index in [4.69, 9.17) is 20.5 Å². The fourth-order valence-corrected chi connectivity index (χ4v) is 5.02. The molecule has 2 N–H and O–H groups in total. The average molecular weight is 512 g/mol. The highest BCUT2D eigenvalue weighted by atomic mass is 19.4. The van der Waals surface area contributed by atoms with Crippen molar-refractivity contribution in [3.63, 3.8) is 0 Å². The van der Waals surface area contributed by atoms with E-state index in [-0.39, 0.29) is 0 Å². The van der Waals surface area contributed by atoms with Crippen LogP contribution in [0.3, 0.4) is 0 Å². The summed E-state index contributed by atoms with van der Waals surface area (Å²) in [6.45, 7) is 5.14. The van der Waals surface area contributed by atoms with E-state index in [0.29, 0.717) is 41.1 Å². The van der Waals surface area contributed by atoms with Crippen molar-refractivity contribution in [1.82, 2.24) is 14.8 Å². The van der Waals surface area contributed by atoms with Crippen molar-refractivity contribution < 1.29 is 17.9 Å². The van der Waals surface area contributed by atoms with Crippen LogP contribution >= 0.6 is 0 Å². The molecule has 8 nitrogen and oxygen atoms in total. The number of aromatic nitrogens is 3. The number of alkyl halides is 3. The van der Waals surface area contributed by atoms with Crippen LogP contribution in [0.4, 0.5) is 30.4 Å². The van der Waals surface area contributed by atoms with Crippen molar-refractivity contribution in [3.05, 3.63) is 63.9 Å². The molecule has 0 saturated heterocycles.